The molecular weight excluding hydrogens is 223 g/mol. The predicted molar refractivity (Wildman–Crippen MR) is 78.8 cm³/mol. The SMILES string of the molecule is CCPc1ccccc1CCc1ccccc1. The van der Waals surface area contributed by atoms with Crippen molar-refractivity contribution in [2.75, 3.05) is 6.16 Å². The van der Waals surface area contributed by atoms with Crippen LogP contribution in [-0.2, 0) is 12.8 Å². The van der Waals surface area contributed by atoms with Gasteiger partial charge in [-0.3, -0.25) is 0 Å². The minimum absolute atomic E-state index is 0.953. The molecule has 0 amide bonds. The molecule has 0 saturated heterocycles. The van der Waals surface area contributed by atoms with Crippen molar-refractivity contribution in [2.24, 2.45) is 0 Å². The van der Waals surface area contributed by atoms with Crippen molar-refractivity contribution < 1.29 is 0 Å². The number of rotatable bonds is 5. The number of hydrogen-bond acceptors (Lipinski definition) is 0. The fraction of sp³-hybridized carbons (Fsp3) is 0.250. The first-order valence-corrected chi connectivity index (χ1v) is 7.46. The molecule has 1 atom stereocenters. The van der Waals surface area contributed by atoms with Gasteiger partial charge in [-0.25, -0.2) is 0 Å². The monoisotopic (exact) mass is 242 g/mol. The molecule has 0 aliphatic rings. The van der Waals surface area contributed by atoms with Crippen LogP contribution in [0, 0.1) is 0 Å². The first-order valence-electron chi connectivity index (χ1n) is 6.26. The van der Waals surface area contributed by atoms with E-state index in [9.17, 15) is 0 Å². The molecule has 0 heterocycles. The molecular formula is C16H19P. The van der Waals surface area contributed by atoms with Crippen LogP contribution < -0.4 is 5.30 Å². The lowest BCUT2D eigenvalue weighted by Gasteiger charge is -2.08. The van der Waals surface area contributed by atoms with Gasteiger partial charge in [-0.15, -0.1) is 0 Å². The third kappa shape index (κ3) is 3.68. The second kappa shape index (κ2) is 6.57. The van der Waals surface area contributed by atoms with Gasteiger partial charge in [0, 0.05) is 0 Å². The van der Waals surface area contributed by atoms with E-state index in [1.807, 2.05) is 0 Å². The fourth-order valence-electron chi connectivity index (χ4n) is 2.02. The molecule has 17 heavy (non-hydrogen) atoms. The van der Waals surface area contributed by atoms with Crippen LogP contribution in [0.15, 0.2) is 54.6 Å². The van der Waals surface area contributed by atoms with Crippen molar-refractivity contribution in [1.29, 1.82) is 0 Å². The van der Waals surface area contributed by atoms with Crippen molar-refractivity contribution in [3.05, 3.63) is 65.7 Å². The lowest BCUT2D eigenvalue weighted by molar-refractivity contribution is 0.967. The first-order chi connectivity index (χ1) is 8.40. The molecule has 0 aliphatic heterocycles. The number of hydrogen-bond donors (Lipinski definition) is 0. The molecule has 0 spiro atoms. The third-order valence-electron chi connectivity index (χ3n) is 2.91. The van der Waals surface area contributed by atoms with Crippen LogP contribution in [0.1, 0.15) is 18.1 Å². The zero-order chi connectivity index (χ0) is 11.9. The Bertz CT molecular complexity index is 448. The highest BCUT2D eigenvalue weighted by atomic mass is 31.1. The molecule has 0 radical (unpaired) electrons. The maximum Gasteiger partial charge on any atom is -0.0232 e. The summed E-state index contributed by atoms with van der Waals surface area (Å²) in [5.41, 5.74) is 2.96. The first kappa shape index (κ1) is 12.3. The average Bonchev–Trinajstić information content (AvgIpc) is 2.39. The summed E-state index contributed by atoms with van der Waals surface area (Å²) in [5, 5.41) is 1.55. The van der Waals surface area contributed by atoms with Gasteiger partial charge in [0.2, 0.25) is 0 Å². The maximum absolute atomic E-state index is 2.28. The molecule has 1 heteroatoms. The lowest BCUT2D eigenvalue weighted by Crippen LogP contribution is -2.05. The van der Waals surface area contributed by atoms with Gasteiger partial charge in [-0.05, 0) is 35.4 Å². The highest BCUT2D eigenvalue weighted by molar-refractivity contribution is 7.47. The van der Waals surface area contributed by atoms with Gasteiger partial charge in [0.25, 0.3) is 0 Å². The van der Waals surface area contributed by atoms with Gasteiger partial charge in [0.1, 0.15) is 0 Å². The van der Waals surface area contributed by atoms with Crippen molar-refractivity contribution in [3.63, 3.8) is 0 Å². The van der Waals surface area contributed by atoms with Crippen LogP contribution in [0.4, 0.5) is 0 Å². The van der Waals surface area contributed by atoms with Crippen molar-refractivity contribution >= 4 is 13.9 Å². The zero-order valence-corrected chi connectivity index (χ0v) is 11.3. The van der Waals surface area contributed by atoms with E-state index in [-0.39, 0.29) is 0 Å². The highest BCUT2D eigenvalue weighted by Gasteiger charge is 2.01. The normalized spacial score (nSPS) is 11.1. The van der Waals surface area contributed by atoms with Crippen LogP contribution in [0.25, 0.3) is 0 Å². The topological polar surface area (TPSA) is 0 Å². The second-order valence-corrected chi connectivity index (χ2v) is 5.77. The highest BCUT2D eigenvalue weighted by Crippen LogP contribution is 2.14. The molecule has 88 valence electrons. The van der Waals surface area contributed by atoms with Crippen molar-refractivity contribution in [3.8, 4) is 0 Å². The third-order valence-corrected chi connectivity index (χ3v) is 4.13. The van der Waals surface area contributed by atoms with Crippen LogP contribution in [0.5, 0.6) is 0 Å². The Morgan fingerprint density at radius 1 is 0.824 bits per heavy atom. The Morgan fingerprint density at radius 3 is 2.29 bits per heavy atom. The van der Waals surface area contributed by atoms with Crippen LogP contribution in [0.2, 0.25) is 0 Å². The summed E-state index contributed by atoms with van der Waals surface area (Å²) in [5.74, 6) is 0. The summed E-state index contributed by atoms with van der Waals surface area (Å²) in [4.78, 5) is 0. The van der Waals surface area contributed by atoms with Crippen LogP contribution >= 0.6 is 8.58 Å². The van der Waals surface area contributed by atoms with Gasteiger partial charge in [0.05, 0.1) is 0 Å². The van der Waals surface area contributed by atoms with E-state index < -0.39 is 0 Å². The second-order valence-electron chi connectivity index (χ2n) is 4.17. The van der Waals surface area contributed by atoms with E-state index in [0.29, 0.717) is 0 Å². The van der Waals surface area contributed by atoms with E-state index >= 15 is 0 Å². The molecule has 0 aliphatic carbocycles. The Labute approximate surface area is 106 Å². The molecule has 2 rings (SSSR count). The molecule has 0 nitrogen and oxygen atoms in total. The molecule has 2 aromatic carbocycles. The van der Waals surface area contributed by atoms with E-state index in [2.05, 4.69) is 61.5 Å². The fourth-order valence-corrected chi connectivity index (χ4v) is 3.06. The zero-order valence-electron chi connectivity index (χ0n) is 10.3. The molecule has 0 aromatic heterocycles. The van der Waals surface area contributed by atoms with Crippen LogP contribution in [0.3, 0.4) is 0 Å². The van der Waals surface area contributed by atoms with E-state index in [1.54, 1.807) is 5.30 Å². The van der Waals surface area contributed by atoms with E-state index in [0.717, 1.165) is 21.4 Å². The minimum atomic E-state index is 0.953. The Morgan fingerprint density at radius 2 is 1.53 bits per heavy atom. The summed E-state index contributed by atoms with van der Waals surface area (Å²) in [7, 11) is 0.953. The quantitative estimate of drug-likeness (QED) is 0.700. The molecule has 0 saturated carbocycles. The smallest absolute Gasteiger partial charge is 0.0232 e. The average molecular weight is 242 g/mol. The van der Waals surface area contributed by atoms with E-state index in [4.69, 9.17) is 0 Å². The van der Waals surface area contributed by atoms with Gasteiger partial charge in [-0.2, -0.15) is 0 Å². The Hall–Kier alpha value is -1.13. The lowest BCUT2D eigenvalue weighted by atomic mass is 10.0. The summed E-state index contributed by atoms with van der Waals surface area (Å²) >= 11 is 0. The molecule has 1 unspecified atom stereocenters. The van der Waals surface area contributed by atoms with Crippen molar-refractivity contribution in [1.82, 2.24) is 0 Å². The minimum Gasteiger partial charge on any atom is -0.0904 e. The van der Waals surface area contributed by atoms with Crippen molar-refractivity contribution in [2.45, 2.75) is 19.8 Å². The standard InChI is InChI=1S/C16H19P/c1-2-17-16-11-7-6-10-15(16)13-12-14-8-4-3-5-9-14/h3-11,17H,2,12-13H2,1H3. The number of aryl methyl sites for hydroxylation is 2. The van der Waals surface area contributed by atoms with Gasteiger partial charge >= 0.3 is 0 Å². The van der Waals surface area contributed by atoms with Gasteiger partial charge < -0.3 is 0 Å². The maximum atomic E-state index is 2.28. The number of benzene rings is 2. The van der Waals surface area contributed by atoms with Gasteiger partial charge in [-0.1, -0.05) is 70.1 Å². The predicted octanol–water partition coefficient (Wildman–Crippen LogP) is 3.80. The molecule has 2 aromatic rings. The Balaban J connectivity index is 2.03. The summed E-state index contributed by atoms with van der Waals surface area (Å²) in [6.07, 6.45) is 3.56. The summed E-state index contributed by atoms with van der Waals surface area (Å²) < 4.78 is 0. The van der Waals surface area contributed by atoms with E-state index in [1.165, 1.54) is 17.3 Å². The Kier molecular flexibility index (Phi) is 4.76. The summed E-state index contributed by atoms with van der Waals surface area (Å²) in [6, 6.07) is 19.6. The van der Waals surface area contributed by atoms with Gasteiger partial charge in [0.15, 0.2) is 0 Å². The summed E-state index contributed by atoms with van der Waals surface area (Å²) in [6.45, 7) is 2.26. The molecule has 0 fully saturated rings. The largest absolute Gasteiger partial charge is 0.0904 e. The van der Waals surface area contributed by atoms with Crippen LogP contribution in [-0.4, -0.2) is 6.16 Å². The molecule has 0 bridgehead atoms. The molecule has 0 N–H and O–H groups in total.